The van der Waals surface area contributed by atoms with Crippen LogP contribution in [0.15, 0.2) is 146 Å². The molecule has 1 aliphatic heterocycles. The molecule has 0 bridgehead atoms. The van der Waals surface area contributed by atoms with Crippen LogP contribution >= 0.6 is 0 Å². The van der Waals surface area contributed by atoms with E-state index >= 15 is 0 Å². The van der Waals surface area contributed by atoms with Crippen molar-refractivity contribution < 1.29 is 39.8 Å². The van der Waals surface area contributed by atoms with Crippen LogP contribution in [0.1, 0.15) is 239 Å². The molecule has 0 aromatic heterocycles. The van der Waals surface area contributed by atoms with Crippen molar-refractivity contribution in [3.63, 3.8) is 0 Å². The minimum Gasteiger partial charge on any atom is -0.394 e. The molecule has 9 heteroatoms. The number of nitrogens with one attached hydrogen (secondary N) is 1. The minimum atomic E-state index is -1.58. The summed E-state index contributed by atoms with van der Waals surface area (Å²) in [5.74, 6) is -0.213. The molecular formula is C71H117NO8. The van der Waals surface area contributed by atoms with Gasteiger partial charge in [0, 0.05) is 6.42 Å². The first-order valence-electron chi connectivity index (χ1n) is 32.1. The predicted molar refractivity (Wildman–Crippen MR) is 340 cm³/mol. The summed E-state index contributed by atoms with van der Waals surface area (Å²) < 4.78 is 11.3. The van der Waals surface area contributed by atoms with Gasteiger partial charge >= 0.3 is 0 Å². The van der Waals surface area contributed by atoms with Gasteiger partial charge in [-0.15, -0.1) is 0 Å². The Kier molecular flexibility index (Phi) is 54.0. The highest BCUT2D eigenvalue weighted by Crippen LogP contribution is 2.23. The molecule has 1 saturated heterocycles. The molecular weight excluding hydrogens is 995 g/mol. The van der Waals surface area contributed by atoms with Crippen LogP contribution in [-0.4, -0.2) is 87.5 Å². The van der Waals surface area contributed by atoms with Crippen LogP contribution in [0.4, 0.5) is 0 Å². The third-order valence-corrected chi connectivity index (χ3v) is 14.2. The number of hydrogen-bond acceptors (Lipinski definition) is 8. The van der Waals surface area contributed by atoms with Gasteiger partial charge in [0.05, 0.1) is 25.4 Å². The molecule has 0 spiro atoms. The number of carbonyl (C=O) groups is 1. The van der Waals surface area contributed by atoms with Crippen LogP contribution in [0.3, 0.4) is 0 Å². The lowest BCUT2D eigenvalue weighted by molar-refractivity contribution is -0.302. The van der Waals surface area contributed by atoms with Crippen LogP contribution in [0.5, 0.6) is 0 Å². The lowest BCUT2D eigenvalue weighted by Crippen LogP contribution is -2.60. The highest BCUT2D eigenvalue weighted by Gasteiger charge is 2.44. The third-order valence-electron chi connectivity index (χ3n) is 14.2. The van der Waals surface area contributed by atoms with E-state index in [2.05, 4.69) is 153 Å². The quantitative estimate of drug-likeness (QED) is 0.0261. The number of unbranched alkanes of at least 4 members (excludes halogenated alkanes) is 21. The molecule has 1 heterocycles. The summed E-state index contributed by atoms with van der Waals surface area (Å²) in [6.45, 7) is 3.65. The summed E-state index contributed by atoms with van der Waals surface area (Å²) in [7, 11) is 0. The average Bonchev–Trinajstić information content (AvgIpc) is 3.46. The van der Waals surface area contributed by atoms with Crippen LogP contribution in [0, 0.1) is 0 Å². The van der Waals surface area contributed by atoms with E-state index in [-0.39, 0.29) is 12.5 Å². The second-order valence-corrected chi connectivity index (χ2v) is 21.5. The topological polar surface area (TPSA) is 149 Å². The Balaban J connectivity index is 2.24. The second-order valence-electron chi connectivity index (χ2n) is 21.5. The zero-order valence-corrected chi connectivity index (χ0v) is 50.5. The Morgan fingerprint density at radius 3 is 1.15 bits per heavy atom. The van der Waals surface area contributed by atoms with Gasteiger partial charge in [0.15, 0.2) is 6.29 Å². The lowest BCUT2D eigenvalue weighted by atomic mass is 9.99. The molecule has 454 valence electrons. The fourth-order valence-electron chi connectivity index (χ4n) is 9.16. The molecule has 0 aromatic rings. The number of carbonyl (C=O) groups excluding carboxylic acids is 1. The van der Waals surface area contributed by atoms with Crippen LogP contribution < -0.4 is 5.32 Å². The second kappa shape index (κ2) is 58.3. The first kappa shape index (κ1) is 74.1. The van der Waals surface area contributed by atoms with E-state index in [1.807, 2.05) is 6.08 Å². The van der Waals surface area contributed by atoms with Gasteiger partial charge in [0.1, 0.15) is 24.4 Å². The van der Waals surface area contributed by atoms with Gasteiger partial charge in [-0.25, -0.2) is 0 Å². The Labute approximate surface area is 489 Å². The maximum Gasteiger partial charge on any atom is 0.220 e. The van der Waals surface area contributed by atoms with Gasteiger partial charge < -0.3 is 40.3 Å². The highest BCUT2D eigenvalue weighted by molar-refractivity contribution is 5.76. The fraction of sp³-hybridized carbons (Fsp3) is 0.648. The van der Waals surface area contributed by atoms with Crippen molar-refractivity contribution in [2.75, 3.05) is 13.2 Å². The number of hydrogen-bond donors (Lipinski definition) is 6. The summed E-state index contributed by atoms with van der Waals surface area (Å²) >= 11 is 0. The fourth-order valence-corrected chi connectivity index (χ4v) is 9.16. The molecule has 7 unspecified atom stereocenters. The van der Waals surface area contributed by atoms with E-state index in [4.69, 9.17) is 9.47 Å². The van der Waals surface area contributed by atoms with Gasteiger partial charge in [-0.3, -0.25) is 4.79 Å². The molecule has 0 radical (unpaired) electrons. The zero-order valence-electron chi connectivity index (χ0n) is 50.5. The smallest absolute Gasteiger partial charge is 0.220 e. The molecule has 1 rings (SSSR count). The van der Waals surface area contributed by atoms with E-state index in [0.717, 1.165) is 109 Å². The van der Waals surface area contributed by atoms with Crippen molar-refractivity contribution in [1.82, 2.24) is 5.32 Å². The Bertz CT molecular complexity index is 1770. The molecule has 1 amide bonds. The maximum absolute atomic E-state index is 13.1. The molecule has 7 atom stereocenters. The van der Waals surface area contributed by atoms with Crippen molar-refractivity contribution in [2.45, 2.75) is 281 Å². The number of allylic oxidation sites excluding steroid dienone is 23. The van der Waals surface area contributed by atoms with Gasteiger partial charge in [0.2, 0.25) is 5.91 Å². The lowest BCUT2D eigenvalue weighted by Gasteiger charge is -2.40. The van der Waals surface area contributed by atoms with Crippen molar-refractivity contribution in [1.29, 1.82) is 0 Å². The molecule has 9 nitrogen and oxygen atoms in total. The van der Waals surface area contributed by atoms with E-state index in [9.17, 15) is 30.3 Å². The summed E-state index contributed by atoms with van der Waals surface area (Å²) in [4.78, 5) is 13.1. The Morgan fingerprint density at radius 2 is 0.775 bits per heavy atom. The van der Waals surface area contributed by atoms with Gasteiger partial charge in [-0.05, 0) is 103 Å². The Hall–Kier alpha value is -3.93. The van der Waals surface area contributed by atoms with Crippen LogP contribution in [-0.2, 0) is 14.3 Å². The molecule has 0 aromatic carbocycles. The predicted octanol–water partition coefficient (Wildman–Crippen LogP) is 17.0. The molecule has 6 N–H and O–H groups in total. The molecule has 1 aliphatic rings. The first-order valence-corrected chi connectivity index (χ1v) is 32.1. The van der Waals surface area contributed by atoms with Gasteiger partial charge in [-0.2, -0.15) is 0 Å². The van der Waals surface area contributed by atoms with Crippen LogP contribution in [0.2, 0.25) is 0 Å². The monoisotopic (exact) mass is 1110 g/mol. The van der Waals surface area contributed by atoms with Crippen molar-refractivity contribution in [2.24, 2.45) is 0 Å². The van der Waals surface area contributed by atoms with Gasteiger partial charge in [0.25, 0.3) is 0 Å². The summed E-state index contributed by atoms with van der Waals surface area (Å²) in [6.07, 6.45) is 83.5. The Morgan fingerprint density at radius 1 is 0.438 bits per heavy atom. The third kappa shape index (κ3) is 46.7. The van der Waals surface area contributed by atoms with E-state index in [1.165, 1.54) is 103 Å². The molecule has 80 heavy (non-hydrogen) atoms. The normalized spacial score (nSPS) is 19.5. The van der Waals surface area contributed by atoms with E-state index < -0.39 is 49.5 Å². The molecule has 0 aliphatic carbocycles. The number of ether oxygens (including phenoxy) is 2. The number of aliphatic hydroxyl groups is 5. The highest BCUT2D eigenvalue weighted by atomic mass is 16.7. The van der Waals surface area contributed by atoms with Crippen LogP contribution in [0.25, 0.3) is 0 Å². The van der Waals surface area contributed by atoms with Crippen molar-refractivity contribution in [3.8, 4) is 0 Å². The largest absolute Gasteiger partial charge is 0.394 e. The zero-order chi connectivity index (χ0) is 57.9. The summed E-state index contributed by atoms with van der Waals surface area (Å²) in [6, 6.07) is -0.835. The number of rotatable bonds is 53. The summed E-state index contributed by atoms with van der Waals surface area (Å²) in [5.41, 5.74) is 0. The maximum atomic E-state index is 13.1. The van der Waals surface area contributed by atoms with Crippen molar-refractivity contribution >= 4 is 5.91 Å². The SMILES string of the molecule is CC/C=C\C/C=C\C/C=C\C/C=C\C/C=C\C/C=C\C/C=C\C/C=C\C/C=C\C/C=C\C/C=C\CCCCCC(=O)NC(COC1OC(CO)C(O)C(O)C1O)C(O)/C=C/CCCCCCCCCCCCCCCCCCCC. The van der Waals surface area contributed by atoms with E-state index in [0.29, 0.717) is 12.8 Å². The minimum absolute atomic E-state index is 0.211. The standard InChI is InChI=1S/C71H117NO8/c1-3-5-7-9-11-13-15-17-19-21-23-25-26-27-28-29-30-31-32-33-34-35-36-37-38-39-40-41-43-45-47-49-51-53-55-57-59-61-67(75)72-64(63-79-71-70(78)69(77)68(76)66(62-73)80-71)65(74)60-58-56-54-52-50-48-46-44-42-24-22-20-18-16-14-12-10-8-6-4-2/h5,7,11,13,17,19,23,25,27-28,30-31,33-34,36-37,39-40,43,45,49,51,58,60,64-66,68-71,73-74,76-78H,3-4,6,8-10,12,14-16,18,20-22,24,26,29,32,35,38,41-42,44,46-48,50,52-57,59,61-63H2,1-2H3,(H,72,75)/b7-5-,13-11-,19-17-,25-23-,28-27-,31-30-,34-33-,37-36-,40-39-,45-43-,51-49-,60-58+. The van der Waals surface area contributed by atoms with Gasteiger partial charge in [-0.1, -0.05) is 275 Å². The molecule has 0 saturated carbocycles. The van der Waals surface area contributed by atoms with E-state index in [1.54, 1.807) is 6.08 Å². The summed E-state index contributed by atoms with van der Waals surface area (Å²) in [5, 5.41) is 54.6. The number of aliphatic hydroxyl groups excluding tert-OH is 5. The van der Waals surface area contributed by atoms with Crippen molar-refractivity contribution in [3.05, 3.63) is 146 Å². The first-order chi connectivity index (χ1) is 39.3. The number of amides is 1. The molecule has 1 fully saturated rings. The average molecular weight is 1110 g/mol.